The first-order valence-electron chi connectivity index (χ1n) is 11.4. The molecule has 4 rings (SSSR count). The van der Waals surface area contributed by atoms with Gasteiger partial charge in [0.05, 0.1) is 13.7 Å². The van der Waals surface area contributed by atoms with Crippen LogP contribution in [0.5, 0.6) is 5.75 Å². The molecule has 7 nitrogen and oxygen atoms in total. The first-order valence-corrected chi connectivity index (χ1v) is 11.4. The number of hydrogen-bond acceptors (Lipinski definition) is 7. The number of carbonyl (C=O) groups excluding carboxylic acids is 2. The van der Waals surface area contributed by atoms with Crippen LogP contribution in [0.4, 0.5) is 0 Å². The van der Waals surface area contributed by atoms with Gasteiger partial charge in [-0.05, 0) is 30.7 Å². The Morgan fingerprint density at radius 1 is 0.917 bits per heavy atom. The van der Waals surface area contributed by atoms with E-state index >= 15 is 0 Å². The molecule has 36 heavy (non-hydrogen) atoms. The molecule has 1 heterocycles. The fourth-order valence-corrected chi connectivity index (χ4v) is 3.49. The van der Waals surface area contributed by atoms with Crippen molar-refractivity contribution < 1.29 is 28.2 Å². The van der Waals surface area contributed by atoms with Crippen molar-refractivity contribution in [3.8, 4) is 28.3 Å². The van der Waals surface area contributed by atoms with E-state index in [0.717, 1.165) is 11.1 Å². The highest BCUT2D eigenvalue weighted by molar-refractivity contribution is 6.20. The van der Waals surface area contributed by atoms with Gasteiger partial charge in [-0.1, -0.05) is 72.8 Å². The van der Waals surface area contributed by atoms with Crippen LogP contribution in [-0.4, -0.2) is 37.2 Å². The van der Waals surface area contributed by atoms with Crippen molar-refractivity contribution in [2.45, 2.75) is 6.92 Å². The van der Waals surface area contributed by atoms with Gasteiger partial charge >= 0.3 is 11.9 Å². The zero-order valence-electron chi connectivity index (χ0n) is 20.0. The third kappa shape index (κ3) is 5.88. The summed E-state index contributed by atoms with van der Waals surface area (Å²) in [4.78, 5) is 29.1. The van der Waals surface area contributed by atoms with Gasteiger partial charge in [0.15, 0.2) is 12.4 Å². The molecular formula is C29H25NO6. The van der Waals surface area contributed by atoms with Crippen molar-refractivity contribution in [3.05, 3.63) is 96.4 Å². The first kappa shape index (κ1) is 24.5. The van der Waals surface area contributed by atoms with Crippen LogP contribution in [0, 0.1) is 0 Å². The summed E-state index contributed by atoms with van der Waals surface area (Å²) in [7, 11) is 1.29. The Hall–Kier alpha value is -4.65. The van der Waals surface area contributed by atoms with E-state index in [1.807, 2.05) is 60.7 Å². The standard InChI is InChI=1S/C29H25NO6/c1-3-34-29(32)24(18-20-11-10-16-23(17-20)35-19-25(31)33-2)28-30-26(21-12-6-4-7-13-21)27(36-28)22-14-8-5-9-15-22/h4-18H,3,19H2,1-2H3/b24-18+. The Labute approximate surface area is 209 Å². The molecule has 0 spiro atoms. The van der Waals surface area contributed by atoms with Gasteiger partial charge in [-0.15, -0.1) is 0 Å². The molecule has 0 radical (unpaired) electrons. The summed E-state index contributed by atoms with van der Waals surface area (Å²) in [5.41, 5.74) is 3.09. The summed E-state index contributed by atoms with van der Waals surface area (Å²) in [6.45, 7) is 1.70. The van der Waals surface area contributed by atoms with Crippen LogP contribution in [-0.2, 0) is 19.1 Å². The molecule has 0 saturated heterocycles. The van der Waals surface area contributed by atoms with E-state index in [-0.39, 0.29) is 24.7 Å². The SMILES string of the molecule is CCOC(=O)/C(=C/c1cccc(OCC(=O)OC)c1)c1nc(-c2ccccc2)c(-c2ccccc2)o1. The van der Waals surface area contributed by atoms with Crippen molar-refractivity contribution in [2.24, 2.45) is 0 Å². The molecule has 0 aliphatic carbocycles. The molecule has 0 amide bonds. The van der Waals surface area contributed by atoms with Gasteiger partial charge in [0.1, 0.15) is 17.0 Å². The largest absolute Gasteiger partial charge is 0.482 e. The maximum atomic E-state index is 13.0. The molecular weight excluding hydrogens is 458 g/mol. The van der Waals surface area contributed by atoms with E-state index in [1.54, 1.807) is 37.3 Å². The second-order valence-electron chi connectivity index (χ2n) is 7.64. The van der Waals surface area contributed by atoms with Gasteiger partial charge in [0, 0.05) is 11.1 Å². The summed E-state index contributed by atoms with van der Waals surface area (Å²) < 4.78 is 21.6. The highest BCUT2D eigenvalue weighted by Crippen LogP contribution is 2.35. The quantitative estimate of drug-likeness (QED) is 0.224. The number of aromatic nitrogens is 1. The smallest absolute Gasteiger partial charge is 0.343 e. The lowest BCUT2D eigenvalue weighted by molar-refractivity contribution is -0.143. The molecule has 0 unspecified atom stereocenters. The average molecular weight is 484 g/mol. The van der Waals surface area contributed by atoms with Crippen molar-refractivity contribution >= 4 is 23.6 Å². The van der Waals surface area contributed by atoms with Crippen LogP contribution in [0.2, 0.25) is 0 Å². The Bertz CT molecular complexity index is 1300. The van der Waals surface area contributed by atoms with Gasteiger partial charge in [-0.25, -0.2) is 14.6 Å². The predicted octanol–water partition coefficient (Wildman–Crippen LogP) is 5.66. The predicted molar refractivity (Wildman–Crippen MR) is 136 cm³/mol. The molecule has 1 aromatic heterocycles. The fraction of sp³-hybridized carbons (Fsp3) is 0.138. The summed E-state index contributed by atoms with van der Waals surface area (Å²) >= 11 is 0. The summed E-state index contributed by atoms with van der Waals surface area (Å²) in [5.74, 6) is 0.0533. The van der Waals surface area contributed by atoms with E-state index in [0.29, 0.717) is 22.8 Å². The van der Waals surface area contributed by atoms with Gasteiger partial charge in [-0.3, -0.25) is 0 Å². The lowest BCUT2D eigenvalue weighted by atomic mass is 10.1. The number of nitrogens with zero attached hydrogens (tertiary/aromatic N) is 1. The minimum Gasteiger partial charge on any atom is -0.482 e. The second kappa shape index (κ2) is 11.7. The van der Waals surface area contributed by atoms with Gasteiger partial charge < -0.3 is 18.6 Å². The number of esters is 2. The minimum atomic E-state index is -0.571. The molecule has 7 heteroatoms. The van der Waals surface area contributed by atoms with Gasteiger partial charge in [0.25, 0.3) is 0 Å². The summed E-state index contributed by atoms with van der Waals surface area (Å²) in [6, 6.07) is 26.2. The van der Waals surface area contributed by atoms with E-state index in [2.05, 4.69) is 4.74 Å². The monoisotopic (exact) mass is 483 g/mol. The Morgan fingerprint density at radius 2 is 1.61 bits per heavy atom. The lowest BCUT2D eigenvalue weighted by Crippen LogP contribution is -2.12. The molecule has 0 bridgehead atoms. The van der Waals surface area contributed by atoms with Gasteiger partial charge in [-0.2, -0.15) is 0 Å². The fourth-order valence-electron chi connectivity index (χ4n) is 3.49. The zero-order chi connectivity index (χ0) is 25.3. The van der Waals surface area contributed by atoms with Gasteiger partial charge in [0.2, 0.25) is 5.89 Å². The zero-order valence-corrected chi connectivity index (χ0v) is 20.0. The molecule has 0 aliphatic rings. The Kier molecular flexibility index (Phi) is 7.93. The Morgan fingerprint density at radius 3 is 2.28 bits per heavy atom. The molecule has 0 N–H and O–H groups in total. The van der Waals surface area contributed by atoms with Crippen molar-refractivity contribution in [2.75, 3.05) is 20.3 Å². The third-order valence-electron chi connectivity index (χ3n) is 5.19. The van der Waals surface area contributed by atoms with E-state index < -0.39 is 11.9 Å². The van der Waals surface area contributed by atoms with Crippen LogP contribution in [0.25, 0.3) is 34.2 Å². The Balaban J connectivity index is 1.79. The topological polar surface area (TPSA) is 87.9 Å². The van der Waals surface area contributed by atoms with Crippen LogP contribution in [0.1, 0.15) is 18.4 Å². The number of methoxy groups -OCH3 is 1. The second-order valence-corrected chi connectivity index (χ2v) is 7.64. The van der Waals surface area contributed by atoms with Crippen LogP contribution < -0.4 is 4.74 Å². The first-order chi connectivity index (χ1) is 17.6. The highest BCUT2D eigenvalue weighted by Gasteiger charge is 2.24. The number of carbonyl (C=O) groups is 2. The van der Waals surface area contributed by atoms with Crippen molar-refractivity contribution in [1.82, 2.24) is 4.98 Å². The molecule has 182 valence electrons. The lowest BCUT2D eigenvalue weighted by Gasteiger charge is -2.07. The maximum absolute atomic E-state index is 13.0. The number of benzene rings is 3. The molecule has 0 atom stereocenters. The summed E-state index contributed by atoms with van der Waals surface area (Å²) in [6.07, 6.45) is 1.62. The number of rotatable bonds is 9. The average Bonchev–Trinajstić information content (AvgIpc) is 3.37. The number of oxazole rings is 1. The van der Waals surface area contributed by atoms with Crippen LogP contribution >= 0.6 is 0 Å². The minimum absolute atomic E-state index is 0.132. The molecule has 4 aromatic rings. The maximum Gasteiger partial charge on any atom is 0.343 e. The normalized spacial score (nSPS) is 11.1. The molecule has 0 fully saturated rings. The van der Waals surface area contributed by atoms with E-state index in [9.17, 15) is 9.59 Å². The van der Waals surface area contributed by atoms with E-state index in [1.165, 1.54) is 7.11 Å². The summed E-state index contributed by atoms with van der Waals surface area (Å²) in [5, 5.41) is 0. The molecule has 0 saturated carbocycles. The number of hydrogen-bond donors (Lipinski definition) is 0. The van der Waals surface area contributed by atoms with Crippen LogP contribution in [0.15, 0.2) is 89.3 Å². The molecule has 0 aliphatic heterocycles. The molecule has 3 aromatic carbocycles. The third-order valence-corrected chi connectivity index (χ3v) is 5.19. The van der Waals surface area contributed by atoms with E-state index in [4.69, 9.17) is 18.9 Å². The van der Waals surface area contributed by atoms with Crippen molar-refractivity contribution in [1.29, 1.82) is 0 Å². The van der Waals surface area contributed by atoms with Crippen LogP contribution in [0.3, 0.4) is 0 Å². The van der Waals surface area contributed by atoms with Crippen molar-refractivity contribution in [3.63, 3.8) is 0 Å². The highest BCUT2D eigenvalue weighted by atomic mass is 16.6. The number of ether oxygens (including phenoxy) is 3.